The first-order valence-electron chi connectivity index (χ1n) is 5.88. The highest BCUT2D eigenvalue weighted by atomic mass is 79.9. The standard InChI is InChI=1S/C13H15BrFNO/c14-12-8-11(15)6-5-10(12)9-16-7-3-1-2-4-13(16)17/h5-6,8H,1-4,7,9H2. The van der Waals surface area contributed by atoms with Gasteiger partial charge in [-0.2, -0.15) is 0 Å². The number of likely N-dealkylation sites (tertiary alicyclic amines) is 1. The lowest BCUT2D eigenvalue weighted by Crippen LogP contribution is -2.29. The molecule has 1 saturated heterocycles. The number of rotatable bonds is 2. The number of hydrogen-bond acceptors (Lipinski definition) is 1. The van der Waals surface area contributed by atoms with Crippen LogP contribution in [0, 0.1) is 5.82 Å². The van der Waals surface area contributed by atoms with Crippen LogP contribution in [0.1, 0.15) is 31.2 Å². The minimum atomic E-state index is -0.261. The Morgan fingerprint density at radius 3 is 2.88 bits per heavy atom. The van der Waals surface area contributed by atoms with Crippen LogP contribution < -0.4 is 0 Å². The Morgan fingerprint density at radius 1 is 1.29 bits per heavy atom. The second kappa shape index (κ2) is 5.63. The molecule has 2 rings (SSSR count). The van der Waals surface area contributed by atoms with E-state index >= 15 is 0 Å². The lowest BCUT2D eigenvalue weighted by molar-refractivity contribution is -0.131. The summed E-state index contributed by atoms with van der Waals surface area (Å²) < 4.78 is 13.7. The Bertz CT molecular complexity index is 422. The summed E-state index contributed by atoms with van der Waals surface area (Å²) in [6, 6.07) is 4.61. The molecule has 1 aromatic carbocycles. The zero-order valence-electron chi connectivity index (χ0n) is 9.59. The van der Waals surface area contributed by atoms with Crippen molar-refractivity contribution < 1.29 is 9.18 Å². The first-order valence-corrected chi connectivity index (χ1v) is 6.68. The van der Waals surface area contributed by atoms with E-state index < -0.39 is 0 Å². The summed E-state index contributed by atoms with van der Waals surface area (Å²) in [5.41, 5.74) is 0.960. The third-order valence-corrected chi connectivity index (χ3v) is 3.79. The van der Waals surface area contributed by atoms with Crippen LogP contribution >= 0.6 is 15.9 Å². The Kier molecular flexibility index (Phi) is 4.15. The van der Waals surface area contributed by atoms with E-state index in [2.05, 4.69) is 15.9 Å². The van der Waals surface area contributed by atoms with Gasteiger partial charge in [-0.1, -0.05) is 28.4 Å². The zero-order chi connectivity index (χ0) is 12.3. The maximum Gasteiger partial charge on any atom is 0.222 e. The topological polar surface area (TPSA) is 20.3 Å². The van der Waals surface area contributed by atoms with Crippen LogP contribution in [-0.2, 0) is 11.3 Å². The SMILES string of the molecule is O=C1CCCCCN1Cc1ccc(F)cc1Br. The van der Waals surface area contributed by atoms with Gasteiger partial charge in [0.2, 0.25) is 5.91 Å². The molecule has 92 valence electrons. The molecule has 0 spiro atoms. The van der Waals surface area contributed by atoms with Crippen molar-refractivity contribution in [1.82, 2.24) is 4.90 Å². The molecule has 0 bridgehead atoms. The molecule has 1 aliphatic heterocycles. The highest BCUT2D eigenvalue weighted by Crippen LogP contribution is 2.21. The van der Waals surface area contributed by atoms with Crippen molar-refractivity contribution >= 4 is 21.8 Å². The van der Waals surface area contributed by atoms with Crippen LogP contribution in [0.15, 0.2) is 22.7 Å². The highest BCUT2D eigenvalue weighted by Gasteiger charge is 2.17. The fraction of sp³-hybridized carbons (Fsp3) is 0.462. The number of nitrogens with zero attached hydrogens (tertiary/aromatic N) is 1. The van der Waals surface area contributed by atoms with Crippen molar-refractivity contribution in [2.45, 2.75) is 32.2 Å². The number of carbonyl (C=O) groups is 1. The van der Waals surface area contributed by atoms with Crippen molar-refractivity contribution in [3.63, 3.8) is 0 Å². The molecule has 1 amide bonds. The molecule has 0 aliphatic carbocycles. The molecule has 0 N–H and O–H groups in total. The van der Waals surface area contributed by atoms with E-state index in [1.807, 2.05) is 4.90 Å². The van der Waals surface area contributed by atoms with Gasteiger partial charge in [0.25, 0.3) is 0 Å². The lowest BCUT2D eigenvalue weighted by atomic mass is 10.2. The van der Waals surface area contributed by atoms with Gasteiger partial charge in [-0.05, 0) is 30.5 Å². The largest absolute Gasteiger partial charge is 0.338 e. The van der Waals surface area contributed by atoms with Gasteiger partial charge in [0, 0.05) is 24.0 Å². The molecular formula is C13H15BrFNO. The van der Waals surface area contributed by atoms with Crippen LogP contribution in [0.2, 0.25) is 0 Å². The number of carbonyl (C=O) groups excluding carboxylic acids is 1. The average Bonchev–Trinajstić information content (AvgIpc) is 2.48. The molecule has 17 heavy (non-hydrogen) atoms. The third kappa shape index (κ3) is 3.28. The third-order valence-electron chi connectivity index (χ3n) is 3.05. The minimum absolute atomic E-state index is 0.207. The van der Waals surface area contributed by atoms with Crippen LogP contribution in [-0.4, -0.2) is 17.4 Å². The van der Waals surface area contributed by atoms with Crippen molar-refractivity contribution in [2.24, 2.45) is 0 Å². The van der Waals surface area contributed by atoms with Crippen molar-refractivity contribution in [3.8, 4) is 0 Å². The first kappa shape index (κ1) is 12.6. The summed E-state index contributed by atoms with van der Waals surface area (Å²) in [5.74, 6) is -0.0541. The summed E-state index contributed by atoms with van der Waals surface area (Å²) in [6.45, 7) is 1.38. The molecule has 0 unspecified atom stereocenters. The summed E-state index contributed by atoms with van der Waals surface area (Å²) in [7, 11) is 0. The van der Waals surface area contributed by atoms with E-state index in [-0.39, 0.29) is 11.7 Å². The maximum atomic E-state index is 13.0. The summed E-state index contributed by atoms with van der Waals surface area (Å²) in [6.07, 6.45) is 3.80. The van der Waals surface area contributed by atoms with Crippen molar-refractivity contribution in [1.29, 1.82) is 0 Å². The normalized spacial score (nSPS) is 17.1. The number of hydrogen-bond donors (Lipinski definition) is 0. The minimum Gasteiger partial charge on any atom is -0.338 e. The van der Waals surface area contributed by atoms with Gasteiger partial charge >= 0.3 is 0 Å². The molecule has 0 atom stereocenters. The predicted octanol–water partition coefficient (Wildman–Crippen LogP) is 3.49. The zero-order valence-corrected chi connectivity index (χ0v) is 11.2. The number of amides is 1. The Morgan fingerprint density at radius 2 is 2.12 bits per heavy atom. The van der Waals surface area contributed by atoms with Crippen molar-refractivity contribution in [3.05, 3.63) is 34.1 Å². The van der Waals surface area contributed by atoms with E-state index in [1.165, 1.54) is 12.1 Å². The Balaban J connectivity index is 2.10. The molecule has 1 aromatic rings. The molecule has 0 saturated carbocycles. The maximum absolute atomic E-state index is 13.0. The average molecular weight is 300 g/mol. The van der Waals surface area contributed by atoms with Crippen LogP contribution in [0.5, 0.6) is 0 Å². The molecule has 0 radical (unpaired) electrons. The Hall–Kier alpha value is -0.900. The molecule has 0 aromatic heterocycles. The quantitative estimate of drug-likeness (QED) is 0.818. The van der Waals surface area contributed by atoms with E-state index in [0.29, 0.717) is 13.0 Å². The number of benzene rings is 1. The number of halogens is 2. The van der Waals surface area contributed by atoms with Gasteiger partial charge in [-0.25, -0.2) is 4.39 Å². The summed E-state index contributed by atoms with van der Waals surface area (Å²) >= 11 is 3.34. The lowest BCUT2D eigenvalue weighted by Gasteiger charge is -2.21. The van der Waals surface area contributed by atoms with Gasteiger partial charge < -0.3 is 4.90 Å². The summed E-state index contributed by atoms with van der Waals surface area (Å²) in [5, 5.41) is 0. The van der Waals surface area contributed by atoms with E-state index in [4.69, 9.17) is 0 Å². The fourth-order valence-electron chi connectivity index (χ4n) is 2.06. The van der Waals surface area contributed by atoms with E-state index in [1.54, 1.807) is 6.07 Å². The van der Waals surface area contributed by atoms with Gasteiger partial charge in [0.1, 0.15) is 5.82 Å². The van der Waals surface area contributed by atoms with Crippen LogP contribution in [0.3, 0.4) is 0 Å². The monoisotopic (exact) mass is 299 g/mol. The van der Waals surface area contributed by atoms with Gasteiger partial charge in [0.15, 0.2) is 0 Å². The van der Waals surface area contributed by atoms with Crippen molar-refractivity contribution in [2.75, 3.05) is 6.54 Å². The second-order valence-electron chi connectivity index (χ2n) is 4.36. The second-order valence-corrected chi connectivity index (χ2v) is 5.22. The fourth-order valence-corrected chi connectivity index (χ4v) is 2.54. The molecule has 1 fully saturated rings. The van der Waals surface area contributed by atoms with E-state index in [9.17, 15) is 9.18 Å². The molecular weight excluding hydrogens is 285 g/mol. The first-order chi connectivity index (χ1) is 8.16. The van der Waals surface area contributed by atoms with Gasteiger partial charge in [0.05, 0.1) is 0 Å². The summed E-state index contributed by atoms with van der Waals surface area (Å²) in [4.78, 5) is 13.7. The molecule has 4 heteroatoms. The molecule has 2 nitrogen and oxygen atoms in total. The smallest absolute Gasteiger partial charge is 0.222 e. The van der Waals surface area contributed by atoms with E-state index in [0.717, 1.165) is 35.8 Å². The van der Waals surface area contributed by atoms with Gasteiger partial charge in [-0.3, -0.25) is 4.79 Å². The molecule has 1 heterocycles. The van der Waals surface area contributed by atoms with Crippen LogP contribution in [0.4, 0.5) is 4.39 Å². The predicted molar refractivity (Wildman–Crippen MR) is 68.0 cm³/mol. The highest BCUT2D eigenvalue weighted by molar-refractivity contribution is 9.10. The van der Waals surface area contributed by atoms with Gasteiger partial charge in [-0.15, -0.1) is 0 Å². The Labute approximate surface area is 109 Å². The molecule has 1 aliphatic rings. The van der Waals surface area contributed by atoms with Crippen LogP contribution in [0.25, 0.3) is 0 Å².